The van der Waals surface area contributed by atoms with Crippen LogP contribution >= 0.6 is 0 Å². The van der Waals surface area contributed by atoms with E-state index in [-0.39, 0.29) is 36.2 Å². The molecule has 1 atom stereocenters. The largest absolute Gasteiger partial charge is 1.00 e. The molecule has 0 aromatic carbocycles. The summed E-state index contributed by atoms with van der Waals surface area (Å²) in [5.41, 5.74) is 0. The van der Waals surface area contributed by atoms with Gasteiger partial charge in [-0.15, -0.1) is 0 Å². The summed E-state index contributed by atoms with van der Waals surface area (Å²) in [6.45, 7) is 5.08. The Labute approximate surface area is 184 Å². The van der Waals surface area contributed by atoms with Crippen LogP contribution in [0.25, 0.3) is 0 Å². The van der Waals surface area contributed by atoms with Crippen LogP contribution in [-0.2, 0) is 4.79 Å². The number of hydrogen-bond acceptors (Lipinski definition) is 3. The number of hydrogen-bond donors (Lipinski definition) is 3. The van der Waals surface area contributed by atoms with Gasteiger partial charge >= 0.3 is 35.5 Å². The molecule has 0 saturated heterocycles. The van der Waals surface area contributed by atoms with Crippen LogP contribution in [0.15, 0.2) is 0 Å². The summed E-state index contributed by atoms with van der Waals surface area (Å²) in [4.78, 5) is 10.3. The van der Waals surface area contributed by atoms with Gasteiger partial charge in [-0.05, 0) is 12.5 Å². The van der Waals surface area contributed by atoms with Crippen molar-refractivity contribution in [2.24, 2.45) is 0 Å². The average Bonchev–Trinajstić information content (AvgIpc) is 2.58. The predicted molar refractivity (Wildman–Crippen MR) is 106 cm³/mol. The van der Waals surface area contributed by atoms with Crippen molar-refractivity contribution in [3.8, 4) is 0 Å². The van der Waals surface area contributed by atoms with Gasteiger partial charge in [-0.1, -0.05) is 96.8 Å². The molecule has 0 aliphatic carbocycles. The molecule has 0 heterocycles. The molecule has 0 aliphatic rings. The van der Waals surface area contributed by atoms with E-state index in [4.69, 9.17) is 15.3 Å². The average molecular weight is 383 g/mol. The molecular weight excluding hydrogens is 339 g/mol. The molecule has 26 heavy (non-hydrogen) atoms. The van der Waals surface area contributed by atoms with Gasteiger partial charge in [-0.3, -0.25) is 4.79 Å². The molecule has 0 spiro atoms. The number of aliphatic hydroxyl groups excluding tert-OH is 2. The van der Waals surface area contributed by atoms with Crippen molar-refractivity contribution in [3.05, 3.63) is 6.92 Å². The molecule has 0 radical (unpaired) electrons. The Morgan fingerprint density at radius 3 is 1.27 bits per heavy atom. The number of carboxylic acid groups (broad SMARTS) is 1. The van der Waals surface area contributed by atoms with Gasteiger partial charge in [-0.2, -0.15) is 0 Å². The van der Waals surface area contributed by atoms with Crippen molar-refractivity contribution < 1.29 is 49.7 Å². The van der Waals surface area contributed by atoms with Crippen LogP contribution in [0.1, 0.15) is 110 Å². The van der Waals surface area contributed by atoms with E-state index < -0.39 is 12.1 Å². The van der Waals surface area contributed by atoms with Crippen molar-refractivity contribution >= 4 is 5.97 Å². The Kier molecular flexibility index (Phi) is 33.0. The molecule has 0 aromatic rings. The van der Waals surface area contributed by atoms with Gasteiger partial charge in [0, 0.05) is 13.0 Å². The Hall–Kier alpha value is 0.390. The summed E-state index contributed by atoms with van der Waals surface area (Å²) in [7, 11) is 0. The van der Waals surface area contributed by atoms with Crippen LogP contribution in [0.3, 0.4) is 0 Å². The molecule has 1 unspecified atom stereocenters. The fraction of sp³-hybridized carbons (Fsp3) is 0.905. The van der Waals surface area contributed by atoms with E-state index in [1.807, 2.05) is 0 Å². The maximum absolute atomic E-state index is 10.3. The van der Waals surface area contributed by atoms with E-state index in [2.05, 4.69) is 13.8 Å². The zero-order chi connectivity index (χ0) is 19.2. The molecule has 0 rings (SSSR count). The number of carboxylic acids is 1. The SMILES string of the molecule is CCCCCCCCCCCCCCCCCC(=O)O.[CH2-]C(O)CO.[Na+]. The Morgan fingerprint density at radius 2 is 1.04 bits per heavy atom. The fourth-order valence-corrected chi connectivity index (χ4v) is 2.65. The maximum atomic E-state index is 10.3. The first kappa shape index (κ1) is 31.1. The number of aliphatic carboxylic acids is 1. The van der Waals surface area contributed by atoms with Gasteiger partial charge in [0.05, 0.1) is 0 Å². The van der Waals surface area contributed by atoms with Gasteiger partial charge in [0.1, 0.15) is 0 Å². The summed E-state index contributed by atoms with van der Waals surface area (Å²) < 4.78 is 0. The van der Waals surface area contributed by atoms with Gasteiger partial charge < -0.3 is 22.2 Å². The smallest absolute Gasteiger partial charge is 0.481 e. The molecule has 0 bridgehead atoms. The zero-order valence-electron chi connectivity index (χ0n) is 17.6. The first-order valence-corrected chi connectivity index (χ1v) is 10.4. The fourth-order valence-electron chi connectivity index (χ4n) is 2.65. The van der Waals surface area contributed by atoms with Crippen LogP contribution in [0.2, 0.25) is 0 Å². The maximum Gasteiger partial charge on any atom is 1.00 e. The topological polar surface area (TPSA) is 77.8 Å². The van der Waals surface area contributed by atoms with Crippen molar-refractivity contribution in [2.45, 2.75) is 116 Å². The van der Waals surface area contributed by atoms with E-state index in [1.54, 1.807) is 0 Å². The summed E-state index contributed by atoms with van der Waals surface area (Å²) in [5.74, 6) is -0.653. The Morgan fingerprint density at radius 1 is 0.769 bits per heavy atom. The van der Waals surface area contributed by atoms with Crippen molar-refractivity contribution in [1.29, 1.82) is 0 Å². The van der Waals surface area contributed by atoms with E-state index in [0.29, 0.717) is 6.42 Å². The molecular formula is C21H43NaO4. The van der Waals surface area contributed by atoms with Crippen LogP contribution in [0.5, 0.6) is 0 Å². The molecule has 0 aliphatic heterocycles. The van der Waals surface area contributed by atoms with Gasteiger partial charge in [0.2, 0.25) is 0 Å². The molecule has 5 heteroatoms. The third-order valence-corrected chi connectivity index (χ3v) is 4.20. The monoisotopic (exact) mass is 382 g/mol. The molecule has 0 saturated carbocycles. The summed E-state index contributed by atoms with van der Waals surface area (Å²) in [6, 6.07) is 0. The van der Waals surface area contributed by atoms with Gasteiger partial charge in [0.15, 0.2) is 0 Å². The number of aliphatic hydroxyl groups is 2. The van der Waals surface area contributed by atoms with Crippen molar-refractivity contribution in [2.75, 3.05) is 6.61 Å². The molecule has 4 nitrogen and oxygen atoms in total. The molecule has 3 N–H and O–H groups in total. The minimum atomic E-state index is -0.810. The predicted octanol–water partition coefficient (Wildman–Crippen LogP) is 2.51. The first-order chi connectivity index (χ1) is 12.0. The third-order valence-electron chi connectivity index (χ3n) is 4.20. The standard InChI is InChI=1S/C18H36O2.C3H7O2.Na/c1-2-3-4-5-6-7-8-9-10-11-12-13-14-15-16-17-18(19)20;1-3(5)2-4;/h2-17H2,1H3,(H,19,20);3-5H,1-2H2;/q;-1;+1. The number of rotatable bonds is 17. The van der Waals surface area contributed by atoms with Crippen LogP contribution in [-0.4, -0.2) is 34.0 Å². The number of unbranched alkanes of at least 4 members (excludes halogenated alkanes) is 14. The molecule has 0 aromatic heterocycles. The van der Waals surface area contributed by atoms with Gasteiger partial charge in [-0.25, -0.2) is 0 Å². The summed E-state index contributed by atoms with van der Waals surface area (Å²) >= 11 is 0. The molecule has 0 amide bonds. The third kappa shape index (κ3) is 35.5. The summed E-state index contributed by atoms with van der Waals surface area (Å²) in [6.07, 6.45) is 19.4. The number of carbonyl (C=O) groups is 1. The van der Waals surface area contributed by atoms with Crippen molar-refractivity contribution in [3.63, 3.8) is 0 Å². The second-order valence-corrected chi connectivity index (χ2v) is 6.93. The van der Waals surface area contributed by atoms with E-state index in [9.17, 15) is 4.79 Å². The quantitative estimate of drug-likeness (QED) is 0.205. The van der Waals surface area contributed by atoms with E-state index in [0.717, 1.165) is 12.8 Å². The van der Waals surface area contributed by atoms with Crippen LogP contribution in [0, 0.1) is 6.92 Å². The zero-order valence-corrected chi connectivity index (χ0v) is 19.6. The van der Waals surface area contributed by atoms with Crippen molar-refractivity contribution in [1.82, 2.24) is 0 Å². The Balaban J connectivity index is -0.000000772. The normalized spacial score (nSPS) is 11.2. The molecule has 0 fully saturated rings. The second kappa shape index (κ2) is 27.6. The van der Waals surface area contributed by atoms with Crippen LogP contribution in [0.4, 0.5) is 0 Å². The Bertz CT molecular complexity index is 260. The first-order valence-electron chi connectivity index (χ1n) is 10.4. The van der Waals surface area contributed by atoms with E-state index >= 15 is 0 Å². The molecule has 152 valence electrons. The van der Waals surface area contributed by atoms with Crippen LogP contribution < -0.4 is 29.6 Å². The van der Waals surface area contributed by atoms with E-state index in [1.165, 1.54) is 83.5 Å². The van der Waals surface area contributed by atoms with Gasteiger partial charge in [0.25, 0.3) is 0 Å². The minimum absolute atomic E-state index is 0. The second-order valence-electron chi connectivity index (χ2n) is 6.93. The minimum Gasteiger partial charge on any atom is -0.481 e. The summed E-state index contributed by atoms with van der Waals surface area (Å²) in [5, 5.41) is 24.3.